The lowest BCUT2D eigenvalue weighted by atomic mass is 9.73. The van der Waals surface area contributed by atoms with Crippen molar-refractivity contribution in [2.75, 3.05) is 33.4 Å². The van der Waals surface area contributed by atoms with Crippen LogP contribution in [-0.4, -0.2) is 52.2 Å². The van der Waals surface area contributed by atoms with Gasteiger partial charge in [-0.3, -0.25) is 0 Å². The molecule has 0 saturated carbocycles. The lowest BCUT2D eigenvalue weighted by Crippen LogP contribution is -2.57. The van der Waals surface area contributed by atoms with Crippen LogP contribution in [0.25, 0.3) is 0 Å². The molecule has 3 rings (SSSR count). The van der Waals surface area contributed by atoms with Crippen LogP contribution in [0.3, 0.4) is 0 Å². The van der Waals surface area contributed by atoms with E-state index in [2.05, 4.69) is 0 Å². The lowest BCUT2D eigenvalue weighted by Gasteiger charge is -2.49. The smallest absolute Gasteiger partial charge is 0.246 e. The molecule has 2 atom stereocenters. The Bertz CT molecular complexity index is 662. The fourth-order valence-corrected chi connectivity index (χ4v) is 5.36. The molecular formula is C16H22FNO4S. The Morgan fingerprint density at radius 3 is 2.96 bits per heavy atom. The Morgan fingerprint density at radius 1 is 1.43 bits per heavy atom. The molecule has 5 nitrogen and oxygen atoms in total. The molecule has 2 aliphatic rings. The van der Waals surface area contributed by atoms with Gasteiger partial charge in [-0.15, -0.1) is 0 Å². The maximum absolute atomic E-state index is 14.0. The zero-order valence-electron chi connectivity index (χ0n) is 13.2. The van der Waals surface area contributed by atoms with E-state index in [4.69, 9.17) is 9.47 Å². The third-order valence-corrected chi connectivity index (χ3v) is 6.72. The van der Waals surface area contributed by atoms with Gasteiger partial charge in [0.15, 0.2) is 0 Å². The van der Waals surface area contributed by atoms with Gasteiger partial charge in [-0.1, -0.05) is 12.1 Å². The molecule has 23 heavy (non-hydrogen) atoms. The minimum atomic E-state index is -3.85. The molecule has 2 heterocycles. The number of hydrogen-bond acceptors (Lipinski definition) is 4. The average Bonchev–Trinajstić information content (AvgIpc) is 2.54. The molecule has 1 aromatic rings. The molecule has 0 spiro atoms. The number of benzene rings is 1. The Labute approximate surface area is 136 Å². The van der Waals surface area contributed by atoms with E-state index in [1.54, 1.807) is 7.11 Å². The highest BCUT2D eigenvalue weighted by atomic mass is 32.2. The van der Waals surface area contributed by atoms with Crippen LogP contribution in [0.2, 0.25) is 0 Å². The first kappa shape index (κ1) is 16.8. The maximum Gasteiger partial charge on any atom is 0.246 e. The Kier molecular flexibility index (Phi) is 4.73. The van der Waals surface area contributed by atoms with Crippen LogP contribution in [-0.2, 0) is 19.5 Å². The summed E-state index contributed by atoms with van der Waals surface area (Å²) >= 11 is 0. The predicted molar refractivity (Wildman–Crippen MR) is 83.1 cm³/mol. The molecule has 1 aromatic carbocycles. The molecule has 0 amide bonds. The summed E-state index contributed by atoms with van der Waals surface area (Å²) in [4.78, 5) is -0.261. The van der Waals surface area contributed by atoms with Gasteiger partial charge in [0.1, 0.15) is 10.7 Å². The van der Waals surface area contributed by atoms with Crippen LogP contribution < -0.4 is 0 Å². The number of hydrogen-bond donors (Lipinski definition) is 0. The third kappa shape index (κ3) is 3.03. The van der Waals surface area contributed by atoms with E-state index in [1.807, 2.05) is 0 Å². The lowest BCUT2D eigenvalue weighted by molar-refractivity contribution is -0.137. The number of fused-ring (bicyclic) bond motifs is 1. The van der Waals surface area contributed by atoms with Gasteiger partial charge >= 0.3 is 0 Å². The van der Waals surface area contributed by atoms with Gasteiger partial charge in [-0.05, 0) is 31.4 Å². The van der Waals surface area contributed by atoms with Crippen molar-refractivity contribution in [2.45, 2.75) is 30.3 Å². The first-order valence-electron chi connectivity index (χ1n) is 7.85. The molecule has 0 aliphatic carbocycles. The Morgan fingerprint density at radius 2 is 2.22 bits per heavy atom. The summed E-state index contributed by atoms with van der Waals surface area (Å²) in [5.74, 6) is -0.713. The van der Waals surface area contributed by atoms with Gasteiger partial charge in [-0.25, -0.2) is 12.8 Å². The number of ether oxygens (including phenoxy) is 2. The van der Waals surface area contributed by atoms with Gasteiger partial charge in [0, 0.05) is 32.2 Å². The van der Waals surface area contributed by atoms with Crippen molar-refractivity contribution in [3.8, 4) is 0 Å². The molecule has 0 radical (unpaired) electrons. The highest BCUT2D eigenvalue weighted by Gasteiger charge is 2.48. The van der Waals surface area contributed by atoms with Gasteiger partial charge in [0.25, 0.3) is 0 Å². The molecule has 0 unspecified atom stereocenters. The third-order valence-electron chi connectivity index (χ3n) is 4.84. The second-order valence-corrected chi connectivity index (χ2v) is 8.22. The largest absolute Gasteiger partial charge is 0.384 e. The molecular weight excluding hydrogens is 321 g/mol. The van der Waals surface area contributed by atoms with Gasteiger partial charge in [-0.2, -0.15) is 4.31 Å². The Hall–Kier alpha value is -1.02. The normalized spacial score (nSPS) is 29.2. The van der Waals surface area contributed by atoms with E-state index in [1.165, 1.54) is 28.6 Å². The topological polar surface area (TPSA) is 55.8 Å². The summed E-state index contributed by atoms with van der Waals surface area (Å²) in [7, 11) is -2.24. The molecule has 2 saturated heterocycles. The van der Waals surface area contributed by atoms with Crippen LogP contribution in [0.1, 0.15) is 19.3 Å². The predicted octanol–water partition coefficient (Wildman–Crippen LogP) is 2.03. The van der Waals surface area contributed by atoms with Crippen molar-refractivity contribution in [2.24, 2.45) is 5.41 Å². The quantitative estimate of drug-likeness (QED) is 0.839. The van der Waals surface area contributed by atoms with E-state index in [0.29, 0.717) is 32.7 Å². The Balaban J connectivity index is 1.91. The monoisotopic (exact) mass is 343 g/mol. The number of halogens is 1. The first-order chi connectivity index (χ1) is 11.0. The number of piperidine rings is 1. The molecule has 2 fully saturated rings. The summed E-state index contributed by atoms with van der Waals surface area (Å²) in [6, 6.07) is 5.52. The standard InChI is InChI=1S/C16H22FNO4S/c1-21-12-16-8-4-10-22-15(16)7-9-18(11-16)23(19,20)14-6-3-2-5-13(14)17/h2-3,5-6,15H,4,7-12H2,1H3/t15-,16+/m0/s1. The molecule has 0 bridgehead atoms. The summed E-state index contributed by atoms with van der Waals surface area (Å²) < 4.78 is 52.2. The van der Waals surface area contributed by atoms with E-state index in [-0.39, 0.29) is 16.4 Å². The zero-order chi connectivity index (χ0) is 16.5. The van der Waals surface area contributed by atoms with Crippen LogP contribution in [0.5, 0.6) is 0 Å². The SMILES string of the molecule is COC[C@]12CCCO[C@H]1CCN(S(=O)(=O)c1ccccc1F)C2. The number of nitrogens with zero attached hydrogens (tertiary/aromatic N) is 1. The summed E-state index contributed by atoms with van der Waals surface area (Å²) in [5.41, 5.74) is -0.344. The average molecular weight is 343 g/mol. The summed E-state index contributed by atoms with van der Waals surface area (Å²) in [5, 5.41) is 0. The van der Waals surface area contributed by atoms with Gasteiger partial charge in [0.05, 0.1) is 12.7 Å². The second kappa shape index (κ2) is 6.47. The fourth-order valence-electron chi connectivity index (χ4n) is 3.75. The summed E-state index contributed by atoms with van der Waals surface area (Å²) in [6.45, 7) is 1.80. The van der Waals surface area contributed by atoms with Crippen LogP contribution >= 0.6 is 0 Å². The maximum atomic E-state index is 14.0. The minimum Gasteiger partial charge on any atom is -0.384 e. The van der Waals surface area contributed by atoms with Crippen molar-refractivity contribution >= 4 is 10.0 Å². The van der Waals surface area contributed by atoms with E-state index in [0.717, 1.165) is 12.8 Å². The molecule has 0 aromatic heterocycles. The molecule has 0 N–H and O–H groups in total. The first-order valence-corrected chi connectivity index (χ1v) is 9.29. The molecule has 128 valence electrons. The van der Waals surface area contributed by atoms with E-state index in [9.17, 15) is 12.8 Å². The number of rotatable bonds is 4. The van der Waals surface area contributed by atoms with Gasteiger partial charge < -0.3 is 9.47 Å². The van der Waals surface area contributed by atoms with Gasteiger partial charge in [0.2, 0.25) is 10.0 Å². The van der Waals surface area contributed by atoms with Crippen molar-refractivity contribution in [3.63, 3.8) is 0 Å². The highest BCUT2D eigenvalue weighted by Crippen LogP contribution is 2.41. The van der Waals surface area contributed by atoms with E-state index < -0.39 is 15.8 Å². The number of sulfonamides is 1. The van der Waals surface area contributed by atoms with Crippen LogP contribution in [0, 0.1) is 11.2 Å². The highest BCUT2D eigenvalue weighted by molar-refractivity contribution is 7.89. The second-order valence-electron chi connectivity index (χ2n) is 6.32. The van der Waals surface area contributed by atoms with Crippen molar-refractivity contribution in [1.29, 1.82) is 0 Å². The van der Waals surface area contributed by atoms with E-state index >= 15 is 0 Å². The summed E-state index contributed by atoms with van der Waals surface area (Å²) in [6.07, 6.45) is 2.35. The zero-order valence-corrected chi connectivity index (χ0v) is 14.0. The van der Waals surface area contributed by atoms with Crippen LogP contribution in [0.4, 0.5) is 4.39 Å². The fraction of sp³-hybridized carbons (Fsp3) is 0.625. The van der Waals surface area contributed by atoms with Crippen molar-refractivity contribution in [3.05, 3.63) is 30.1 Å². The van der Waals surface area contributed by atoms with Crippen molar-refractivity contribution in [1.82, 2.24) is 4.31 Å². The molecule has 7 heteroatoms. The molecule has 2 aliphatic heterocycles. The minimum absolute atomic E-state index is 0.00303. The van der Waals surface area contributed by atoms with Crippen LogP contribution in [0.15, 0.2) is 29.2 Å². The number of methoxy groups -OCH3 is 1. The van der Waals surface area contributed by atoms with Crippen molar-refractivity contribution < 1.29 is 22.3 Å².